The SMILES string of the molecule is OCC1CCN(Cc2ccc(-c3ccc(-c4cc5nc(O[C@@H]6CO[C@@H]7CCO[C@H]76)[nH]c5cc4Cl)cc3)cc2)CC1. The second kappa shape index (κ2) is 11.1. The van der Waals surface area contributed by atoms with Gasteiger partial charge in [-0.1, -0.05) is 60.1 Å². The van der Waals surface area contributed by atoms with E-state index in [0.717, 1.165) is 66.6 Å². The average molecular weight is 560 g/mol. The quantitative estimate of drug-likeness (QED) is 0.303. The van der Waals surface area contributed by atoms with Crippen molar-refractivity contribution in [3.63, 3.8) is 0 Å². The molecule has 2 N–H and O–H groups in total. The highest BCUT2D eigenvalue weighted by molar-refractivity contribution is 6.34. The fourth-order valence-corrected chi connectivity index (χ4v) is 6.46. The number of piperidine rings is 1. The van der Waals surface area contributed by atoms with Crippen molar-refractivity contribution in [3.8, 4) is 28.3 Å². The third kappa shape index (κ3) is 5.24. The third-order valence-electron chi connectivity index (χ3n) is 8.59. The van der Waals surface area contributed by atoms with Crippen molar-refractivity contribution in [1.29, 1.82) is 0 Å². The van der Waals surface area contributed by atoms with Crippen molar-refractivity contribution in [1.82, 2.24) is 14.9 Å². The van der Waals surface area contributed by atoms with Crippen molar-refractivity contribution in [3.05, 3.63) is 71.2 Å². The topological polar surface area (TPSA) is 79.8 Å². The molecule has 3 saturated heterocycles. The van der Waals surface area contributed by atoms with Crippen LogP contribution in [-0.4, -0.2) is 71.2 Å². The Hall–Kier alpha value is -2.94. The van der Waals surface area contributed by atoms with Crippen LogP contribution in [0.5, 0.6) is 6.01 Å². The van der Waals surface area contributed by atoms with Crippen LogP contribution in [0, 0.1) is 5.92 Å². The first-order valence-electron chi connectivity index (χ1n) is 14.2. The van der Waals surface area contributed by atoms with Crippen LogP contribution in [0.3, 0.4) is 0 Å². The molecule has 0 radical (unpaired) electrons. The molecule has 4 aromatic rings. The number of benzene rings is 3. The number of H-pyrrole nitrogens is 1. The molecule has 4 heterocycles. The second-order valence-electron chi connectivity index (χ2n) is 11.2. The van der Waals surface area contributed by atoms with Gasteiger partial charge in [0, 0.05) is 25.3 Å². The summed E-state index contributed by atoms with van der Waals surface area (Å²) < 4.78 is 17.7. The number of likely N-dealkylation sites (tertiary alicyclic amines) is 1. The molecule has 1 aromatic heterocycles. The van der Waals surface area contributed by atoms with Crippen LogP contribution in [-0.2, 0) is 16.0 Å². The average Bonchev–Trinajstić information content (AvgIpc) is 3.71. The van der Waals surface area contributed by atoms with E-state index in [1.165, 1.54) is 11.1 Å². The van der Waals surface area contributed by atoms with Gasteiger partial charge in [0.25, 0.3) is 6.01 Å². The molecular weight excluding hydrogens is 526 g/mol. The largest absolute Gasteiger partial charge is 0.456 e. The number of nitrogens with one attached hydrogen (secondary N) is 1. The maximum absolute atomic E-state index is 9.37. The first kappa shape index (κ1) is 26.0. The zero-order valence-corrected chi connectivity index (χ0v) is 23.1. The minimum absolute atomic E-state index is 0.0303. The van der Waals surface area contributed by atoms with Gasteiger partial charge in [0.15, 0.2) is 6.10 Å². The third-order valence-corrected chi connectivity index (χ3v) is 8.90. The van der Waals surface area contributed by atoms with E-state index in [2.05, 4.69) is 63.4 Å². The highest BCUT2D eigenvalue weighted by Crippen LogP contribution is 2.35. The highest BCUT2D eigenvalue weighted by Gasteiger charge is 2.43. The molecule has 0 spiro atoms. The molecule has 0 unspecified atom stereocenters. The summed E-state index contributed by atoms with van der Waals surface area (Å²) in [7, 11) is 0. The van der Waals surface area contributed by atoms with Crippen molar-refractivity contribution < 1.29 is 19.3 Å². The van der Waals surface area contributed by atoms with Gasteiger partial charge in [0.2, 0.25) is 0 Å². The number of aromatic nitrogens is 2. The number of hydrogen-bond acceptors (Lipinski definition) is 6. The monoisotopic (exact) mass is 559 g/mol. The van der Waals surface area contributed by atoms with Crippen LogP contribution in [0.1, 0.15) is 24.8 Å². The summed E-state index contributed by atoms with van der Waals surface area (Å²) in [6.07, 6.45) is 3.01. The van der Waals surface area contributed by atoms with Gasteiger partial charge in [0.05, 0.1) is 28.8 Å². The second-order valence-corrected chi connectivity index (χ2v) is 11.6. The number of ether oxygens (including phenoxy) is 3. The van der Waals surface area contributed by atoms with Gasteiger partial charge in [-0.25, -0.2) is 0 Å². The number of hydrogen-bond donors (Lipinski definition) is 2. The predicted molar refractivity (Wildman–Crippen MR) is 156 cm³/mol. The van der Waals surface area contributed by atoms with E-state index in [1.54, 1.807) is 0 Å². The molecule has 8 heteroatoms. The molecule has 0 bridgehead atoms. The Morgan fingerprint density at radius 1 is 0.950 bits per heavy atom. The van der Waals surface area contributed by atoms with E-state index in [4.69, 9.17) is 25.8 Å². The smallest absolute Gasteiger partial charge is 0.295 e. The van der Waals surface area contributed by atoms with E-state index in [9.17, 15) is 5.11 Å². The van der Waals surface area contributed by atoms with Gasteiger partial charge in [0.1, 0.15) is 6.10 Å². The van der Waals surface area contributed by atoms with E-state index < -0.39 is 0 Å². The van der Waals surface area contributed by atoms with Crippen LogP contribution < -0.4 is 4.74 Å². The number of rotatable bonds is 7. The Bertz CT molecular complexity index is 1460. The van der Waals surface area contributed by atoms with Gasteiger partial charge in [-0.15, -0.1) is 0 Å². The Labute approximate surface area is 239 Å². The molecule has 3 atom stereocenters. The molecule has 7 rings (SSSR count). The molecule has 3 aliphatic heterocycles. The molecule has 0 aliphatic carbocycles. The zero-order chi connectivity index (χ0) is 27.1. The lowest BCUT2D eigenvalue weighted by Crippen LogP contribution is -2.34. The minimum Gasteiger partial charge on any atom is -0.456 e. The Kier molecular flexibility index (Phi) is 7.24. The van der Waals surface area contributed by atoms with Crippen molar-refractivity contribution in [2.45, 2.75) is 44.1 Å². The first-order chi connectivity index (χ1) is 19.6. The fraction of sp³-hybridized carbons (Fsp3) is 0.406. The number of fused-ring (bicyclic) bond motifs is 2. The van der Waals surface area contributed by atoms with Crippen LogP contribution in [0.15, 0.2) is 60.7 Å². The van der Waals surface area contributed by atoms with E-state index in [1.807, 2.05) is 12.1 Å². The molecule has 0 amide bonds. The molecule has 40 heavy (non-hydrogen) atoms. The molecular formula is C32H34ClN3O4. The van der Waals surface area contributed by atoms with Gasteiger partial charge in [-0.2, -0.15) is 4.98 Å². The van der Waals surface area contributed by atoms with E-state index >= 15 is 0 Å². The van der Waals surface area contributed by atoms with E-state index in [-0.39, 0.29) is 18.3 Å². The standard InChI is InChI=1S/C32H34ClN3O4/c33-26-16-28-27(34-32(35-28)40-30-19-39-29-11-14-38-31(29)30)15-25(26)24-7-5-23(6-8-24)22-3-1-20(2-4-22)17-36-12-9-21(18-37)10-13-36/h1-8,15-16,21,29-31,37H,9-14,17-19H2,(H,34,35)/t29-,30-,31-/m1/s1. The molecule has 3 aliphatic rings. The van der Waals surface area contributed by atoms with Crippen molar-refractivity contribution in [2.75, 3.05) is 32.9 Å². The van der Waals surface area contributed by atoms with Crippen LogP contribution in [0.2, 0.25) is 5.02 Å². The lowest BCUT2D eigenvalue weighted by molar-refractivity contribution is 0.0273. The molecule has 3 aromatic carbocycles. The van der Waals surface area contributed by atoms with Crippen molar-refractivity contribution >= 4 is 22.6 Å². The number of aliphatic hydroxyl groups is 1. The molecule has 0 saturated carbocycles. The molecule has 7 nitrogen and oxygen atoms in total. The Morgan fingerprint density at radius 3 is 2.42 bits per heavy atom. The first-order valence-corrected chi connectivity index (χ1v) is 14.6. The van der Waals surface area contributed by atoms with E-state index in [0.29, 0.717) is 36.8 Å². The minimum atomic E-state index is -0.158. The fourth-order valence-electron chi connectivity index (χ4n) is 6.19. The summed E-state index contributed by atoms with van der Waals surface area (Å²) in [5, 5.41) is 10.0. The summed E-state index contributed by atoms with van der Waals surface area (Å²) in [5.74, 6) is 0.469. The van der Waals surface area contributed by atoms with Crippen molar-refractivity contribution in [2.24, 2.45) is 5.92 Å². The Balaban J connectivity index is 1.03. The van der Waals surface area contributed by atoms with Crippen LogP contribution in [0.25, 0.3) is 33.3 Å². The maximum atomic E-state index is 9.37. The normalized spacial score (nSPS) is 23.6. The maximum Gasteiger partial charge on any atom is 0.295 e. The predicted octanol–water partition coefficient (Wildman–Crippen LogP) is 5.69. The van der Waals surface area contributed by atoms with Gasteiger partial charge < -0.3 is 24.3 Å². The van der Waals surface area contributed by atoms with Gasteiger partial charge in [-0.3, -0.25) is 4.90 Å². The summed E-state index contributed by atoms with van der Waals surface area (Å²) in [6.45, 7) is 4.61. The summed E-state index contributed by atoms with van der Waals surface area (Å²) >= 11 is 6.72. The lowest BCUT2D eigenvalue weighted by Gasteiger charge is -2.31. The van der Waals surface area contributed by atoms with Crippen LogP contribution >= 0.6 is 11.6 Å². The number of aliphatic hydroxyl groups excluding tert-OH is 1. The summed E-state index contributed by atoms with van der Waals surface area (Å²) in [4.78, 5) is 10.4. The summed E-state index contributed by atoms with van der Waals surface area (Å²) in [6, 6.07) is 21.7. The number of imidazole rings is 1. The lowest BCUT2D eigenvalue weighted by atomic mass is 9.97. The molecule has 208 valence electrons. The Morgan fingerprint density at radius 2 is 1.68 bits per heavy atom. The highest BCUT2D eigenvalue weighted by atomic mass is 35.5. The van der Waals surface area contributed by atoms with Gasteiger partial charge >= 0.3 is 0 Å². The van der Waals surface area contributed by atoms with Crippen LogP contribution in [0.4, 0.5) is 0 Å². The zero-order valence-electron chi connectivity index (χ0n) is 22.4. The number of aromatic amines is 1. The number of nitrogens with zero attached hydrogens (tertiary/aromatic N) is 2. The number of halogens is 1. The van der Waals surface area contributed by atoms with Gasteiger partial charge in [-0.05, 0) is 72.7 Å². The summed E-state index contributed by atoms with van der Waals surface area (Å²) in [5.41, 5.74) is 7.28. The molecule has 3 fully saturated rings.